The number of carbonyl (C=O) groups excluding carboxylic acids is 1. The van der Waals surface area contributed by atoms with Gasteiger partial charge >= 0.3 is 5.97 Å². The Bertz CT molecular complexity index is 448. The lowest BCUT2D eigenvalue weighted by Gasteiger charge is -2.06. The summed E-state index contributed by atoms with van der Waals surface area (Å²) < 4.78 is 8.29. The number of halogens is 3. The van der Waals surface area contributed by atoms with E-state index in [-0.39, 0.29) is 12.7 Å². The third kappa shape index (κ3) is 2.62. The van der Waals surface area contributed by atoms with Crippen molar-refractivity contribution in [3.63, 3.8) is 0 Å². The first kappa shape index (κ1) is 12.7. The summed E-state index contributed by atoms with van der Waals surface area (Å²) in [6.45, 7) is 1.38. The number of hydrogen-bond acceptors (Lipinski definition) is 3. The van der Waals surface area contributed by atoms with Gasteiger partial charge in [-0.1, -0.05) is 0 Å². The lowest BCUT2D eigenvalue weighted by molar-refractivity contribution is -0.144. The van der Waals surface area contributed by atoms with Gasteiger partial charge in [-0.05, 0) is 47.8 Å². The highest BCUT2D eigenvalue weighted by molar-refractivity contribution is 9.13. The highest BCUT2D eigenvalue weighted by Gasteiger charge is 2.18. The van der Waals surface area contributed by atoms with E-state index in [1.54, 1.807) is 4.57 Å². The fourth-order valence-corrected chi connectivity index (χ4v) is 2.94. The first-order valence-corrected chi connectivity index (χ1v) is 6.13. The number of ether oxygens (including phenoxy) is 1. The van der Waals surface area contributed by atoms with Gasteiger partial charge in [0, 0.05) is 6.92 Å². The number of esters is 1. The van der Waals surface area contributed by atoms with E-state index in [1.807, 2.05) is 6.07 Å². The van der Waals surface area contributed by atoms with E-state index < -0.39 is 0 Å². The molecule has 1 rings (SSSR count). The SMILES string of the molecule is CC(=O)OCn1c(Br)c(Br)c(C#N)c1Br. The molecule has 0 N–H and O–H groups in total. The molecule has 7 heteroatoms. The van der Waals surface area contributed by atoms with E-state index in [2.05, 4.69) is 47.8 Å². The van der Waals surface area contributed by atoms with Crippen LogP contribution in [0.15, 0.2) is 13.7 Å². The minimum absolute atomic E-state index is 0.0524. The molecule has 0 aliphatic rings. The van der Waals surface area contributed by atoms with Crippen LogP contribution in [-0.2, 0) is 16.3 Å². The quantitative estimate of drug-likeness (QED) is 0.716. The summed E-state index contributed by atoms with van der Waals surface area (Å²) in [7, 11) is 0. The molecule has 0 aliphatic heterocycles. The molecule has 0 radical (unpaired) electrons. The Morgan fingerprint density at radius 1 is 1.47 bits per heavy atom. The Hall–Kier alpha value is -0.320. The lowest BCUT2D eigenvalue weighted by Crippen LogP contribution is -2.06. The summed E-state index contributed by atoms with van der Waals surface area (Å²) in [5.41, 5.74) is 0.453. The maximum absolute atomic E-state index is 10.7. The number of aromatic nitrogens is 1. The predicted octanol–water partition coefficient (Wildman–Crippen LogP) is 3.17. The predicted molar refractivity (Wildman–Crippen MR) is 64.0 cm³/mol. The van der Waals surface area contributed by atoms with E-state index in [9.17, 15) is 4.79 Å². The molecule has 0 aliphatic carbocycles. The molecule has 1 heterocycles. The van der Waals surface area contributed by atoms with E-state index in [1.165, 1.54) is 6.92 Å². The van der Waals surface area contributed by atoms with Crippen molar-refractivity contribution >= 4 is 53.8 Å². The van der Waals surface area contributed by atoms with Crippen molar-refractivity contribution in [2.45, 2.75) is 13.7 Å². The summed E-state index contributed by atoms with van der Waals surface area (Å²) in [6, 6.07) is 2.03. The monoisotopic (exact) mass is 398 g/mol. The smallest absolute Gasteiger partial charge is 0.304 e. The van der Waals surface area contributed by atoms with Crippen LogP contribution in [-0.4, -0.2) is 10.5 Å². The van der Waals surface area contributed by atoms with Crippen LogP contribution in [0.4, 0.5) is 0 Å². The highest BCUT2D eigenvalue weighted by Crippen LogP contribution is 2.35. The van der Waals surface area contributed by atoms with Crippen LogP contribution < -0.4 is 0 Å². The molecule has 0 bridgehead atoms. The number of nitriles is 1. The molecule has 0 spiro atoms. The topological polar surface area (TPSA) is 55.0 Å². The van der Waals surface area contributed by atoms with Gasteiger partial charge in [0.05, 0.1) is 10.0 Å². The largest absolute Gasteiger partial charge is 0.444 e. The van der Waals surface area contributed by atoms with Crippen molar-refractivity contribution in [2.75, 3.05) is 0 Å². The van der Waals surface area contributed by atoms with Gasteiger partial charge in [-0.2, -0.15) is 5.26 Å². The maximum Gasteiger partial charge on any atom is 0.304 e. The lowest BCUT2D eigenvalue weighted by atomic mass is 10.4. The van der Waals surface area contributed by atoms with Crippen molar-refractivity contribution < 1.29 is 9.53 Å². The van der Waals surface area contributed by atoms with Crippen LogP contribution in [0, 0.1) is 11.3 Å². The van der Waals surface area contributed by atoms with Crippen molar-refractivity contribution in [1.82, 2.24) is 4.57 Å². The summed E-state index contributed by atoms with van der Waals surface area (Å²) in [5, 5.41) is 8.86. The third-order valence-electron chi connectivity index (χ3n) is 1.59. The molecule has 1 aromatic heterocycles. The van der Waals surface area contributed by atoms with Crippen LogP contribution in [0.5, 0.6) is 0 Å². The standard InChI is InChI=1S/C8H5Br3N2O2/c1-4(14)15-3-13-7(10)5(2-12)6(9)8(13)11/h3H2,1H3. The zero-order valence-corrected chi connectivity index (χ0v) is 12.3. The van der Waals surface area contributed by atoms with Crippen molar-refractivity contribution in [1.29, 1.82) is 5.26 Å². The molecule has 0 aromatic carbocycles. The van der Waals surface area contributed by atoms with Gasteiger partial charge in [0.25, 0.3) is 0 Å². The Balaban J connectivity index is 3.09. The Morgan fingerprint density at radius 3 is 2.47 bits per heavy atom. The van der Waals surface area contributed by atoms with Gasteiger partial charge in [0.2, 0.25) is 0 Å². The molecule has 0 saturated carbocycles. The minimum atomic E-state index is -0.378. The molecule has 0 unspecified atom stereocenters. The molecular formula is C8H5Br3N2O2. The highest BCUT2D eigenvalue weighted by atomic mass is 79.9. The average Bonchev–Trinajstić information content (AvgIpc) is 2.36. The van der Waals surface area contributed by atoms with Gasteiger partial charge in [0.1, 0.15) is 15.3 Å². The first-order valence-electron chi connectivity index (χ1n) is 3.75. The third-order valence-corrected chi connectivity index (χ3v) is 4.54. The van der Waals surface area contributed by atoms with E-state index in [0.717, 1.165) is 0 Å². The molecule has 0 amide bonds. The second-order valence-electron chi connectivity index (χ2n) is 2.58. The molecule has 80 valence electrons. The Labute approximate surface area is 112 Å². The summed E-state index contributed by atoms with van der Waals surface area (Å²) in [6.07, 6.45) is 0. The Kier molecular flexibility index (Phi) is 4.37. The van der Waals surface area contributed by atoms with Crippen molar-refractivity contribution in [3.8, 4) is 6.07 Å². The van der Waals surface area contributed by atoms with Crippen LogP contribution in [0.3, 0.4) is 0 Å². The zero-order chi connectivity index (χ0) is 11.6. The van der Waals surface area contributed by atoms with Gasteiger partial charge < -0.3 is 4.74 Å². The average molecular weight is 401 g/mol. The summed E-state index contributed by atoms with van der Waals surface area (Å²) in [5.74, 6) is -0.378. The second-order valence-corrected chi connectivity index (χ2v) is 4.87. The molecular weight excluding hydrogens is 396 g/mol. The van der Waals surface area contributed by atoms with E-state index in [0.29, 0.717) is 19.2 Å². The molecule has 4 nitrogen and oxygen atoms in total. The molecule has 0 saturated heterocycles. The van der Waals surface area contributed by atoms with Crippen LogP contribution in [0.25, 0.3) is 0 Å². The molecule has 0 fully saturated rings. The van der Waals surface area contributed by atoms with E-state index >= 15 is 0 Å². The molecule has 0 atom stereocenters. The summed E-state index contributed by atoms with van der Waals surface area (Å²) in [4.78, 5) is 10.7. The fraction of sp³-hybridized carbons (Fsp3) is 0.250. The number of carbonyl (C=O) groups is 1. The number of nitrogens with zero attached hydrogens (tertiary/aromatic N) is 2. The van der Waals surface area contributed by atoms with Gasteiger partial charge in [-0.25, -0.2) is 0 Å². The van der Waals surface area contributed by atoms with Gasteiger partial charge in [0.15, 0.2) is 6.73 Å². The van der Waals surface area contributed by atoms with E-state index in [4.69, 9.17) is 10.00 Å². The molecule has 15 heavy (non-hydrogen) atoms. The fourth-order valence-electron chi connectivity index (χ4n) is 0.897. The minimum Gasteiger partial charge on any atom is -0.444 e. The molecule has 1 aromatic rings. The van der Waals surface area contributed by atoms with Gasteiger partial charge in [-0.3, -0.25) is 9.36 Å². The van der Waals surface area contributed by atoms with Crippen LogP contribution in [0.1, 0.15) is 12.5 Å². The van der Waals surface area contributed by atoms with Crippen LogP contribution >= 0.6 is 47.8 Å². The first-order chi connectivity index (χ1) is 6.99. The number of rotatable bonds is 2. The normalized spacial score (nSPS) is 9.80. The zero-order valence-electron chi connectivity index (χ0n) is 7.55. The van der Waals surface area contributed by atoms with Crippen molar-refractivity contribution in [2.24, 2.45) is 0 Å². The van der Waals surface area contributed by atoms with Gasteiger partial charge in [-0.15, -0.1) is 0 Å². The maximum atomic E-state index is 10.7. The number of hydrogen-bond donors (Lipinski definition) is 0. The van der Waals surface area contributed by atoms with Crippen molar-refractivity contribution in [3.05, 3.63) is 19.2 Å². The van der Waals surface area contributed by atoms with Crippen LogP contribution in [0.2, 0.25) is 0 Å². The Morgan fingerprint density at radius 2 is 2.07 bits per heavy atom. The summed E-state index contributed by atoms with van der Waals surface area (Å²) >= 11 is 9.80. The second kappa shape index (κ2) is 5.14.